The van der Waals surface area contributed by atoms with Crippen LogP contribution in [-0.4, -0.2) is 23.3 Å². The number of carbonyl (C=O) groups is 2. The molecule has 0 spiro atoms. The topological polar surface area (TPSA) is 49.4 Å². The molecule has 0 bridgehead atoms. The van der Waals surface area contributed by atoms with Gasteiger partial charge in [0.2, 0.25) is 11.8 Å². The molecule has 1 saturated heterocycles. The summed E-state index contributed by atoms with van der Waals surface area (Å²) in [5.74, 6) is -1.28. The predicted molar refractivity (Wildman–Crippen MR) is 94.7 cm³/mol. The van der Waals surface area contributed by atoms with E-state index in [0.29, 0.717) is 18.8 Å². The van der Waals surface area contributed by atoms with E-state index < -0.39 is 11.7 Å². The third-order valence-electron chi connectivity index (χ3n) is 4.27. The second-order valence-electron chi connectivity index (χ2n) is 6.28. The number of rotatable bonds is 4. The van der Waals surface area contributed by atoms with Gasteiger partial charge in [-0.1, -0.05) is 41.4 Å². The van der Waals surface area contributed by atoms with Crippen molar-refractivity contribution in [2.24, 2.45) is 5.92 Å². The lowest BCUT2D eigenvalue weighted by Gasteiger charge is -2.17. The van der Waals surface area contributed by atoms with E-state index in [4.69, 9.17) is 11.6 Å². The lowest BCUT2D eigenvalue weighted by molar-refractivity contribution is -0.128. The van der Waals surface area contributed by atoms with Gasteiger partial charge in [0.25, 0.3) is 0 Å². The van der Waals surface area contributed by atoms with E-state index >= 15 is 0 Å². The van der Waals surface area contributed by atoms with E-state index in [9.17, 15) is 14.0 Å². The van der Waals surface area contributed by atoms with Crippen molar-refractivity contribution in [1.29, 1.82) is 0 Å². The summed E-state index contributed by atoms with van der Waals surface area (Å²) in [6.45, 7) is 2.87. The van der Waals surface area contributed by atoms with E-state index in [-0.39, 0.29) is 23.3 Å². The summed E-state index contributed by atoms with van der Waals surface area (Å²) in [5.41, 5.74) is 2.61. The Kier molecular flexibility index (Phi) is 5.04. The molecule has 0 aromatic heterocycles. The Morgan fingerprint density at radius 1 is 1.28 bits per heavy atom. The number of nitrogens with one attached hydrogen (secondary N) is 1. The van der Waals surface area contributed by atoms with E-state index in [1.807, 2.05) is 31.2 Å². The van der Waals surface area contributed by atoms with Crippen LogP contribution in [0, 0.1) is 18.7 Å². The highest BCUT2D eigenvalue weighted by molar-refractivity contribution is 6.31. The van der Waals surface area contributed by atoms with Gasteiger partial charge >= 0.3 is 0 Å². The molecular formula is C19H18ClFN2O2. The average molecular weight is 361 g/mol. The van der Waals surface area contributed by atoms with Crippen molar-refractivity contribution in [3.63, 3.8) is 0 Å². The minimum Gasteiger partial charge on any atom is -0.338 e. The smallest absolute Gasteiger partial charge is 0.229 e. The fraction of sp³-hybridized carbons (Fsp3) is 0.263. The van der Waals surface area contributed by atoms with E-state index in [2.05, 4.69) is 5.32 Å². The Morgan fingerprint density at radius 3 is 2.68 bits per heavy atom. The first-order chi connectivity index (χ1) is 11.9. The Bertz CT molecular complexity index is 808. The van der Waals surface area contributed by atoms with Gasteiger partial charge in [-0.3, -0.25) is 9.59 Å². The molecule has 4 nitrogen and oxygen atoms in total. The number of anilines is 1. The molecular weight excluding hydrogens is 343 g/mol. The van der Waals surface area contributed by atoms with Crippen LogP contribution in [0.2, 0.25) is 5.02 Å². The monoisotopic (exact) mass is 360 g/mol. The zero-order chi connectivity index (χ0) is 18.0. The lowest BCUT2D eigenvalue weighted by Crippen LogP contribution is -2.28. The summed E-state index contributed by atoms with van der Waals surface area (Å²) in [6, 6.07) is 12.0. The number of hydrogen-bond acceptors (Lipinski definition) is 2. The standard InChI is InChI=1S/C19H18ClFN2O2/c1-12-2-4-13(5-3-12)10-23-11-14(8-18(23)24)19(25)22-15-6-7-17(21)16(20)9-15/h2-7,9,14H,8,10-11H2,1H3,(H,22,25). The van der Waals surface area contributed by atoms with Crippen molar-refractivity contribution in [3.8, 4) is 0 Å². The molecule has 1 fully saturated rings. The van der Waals surface area contributed by atoms with Crippen LogP contribution in [0.5, 0.6) is 0 Å². The second-order valence-corrected chi connectivity index (χ2v) is 6.69. The molecule has 1 heterocycles. The van der Waals surface area contributed by atoms with Crippen LogP contribution >= 0.6 is 11.6 Å². The fourth-order valence-corrected chi connectivity index (χ4v) is 3.01. The number of carbonyl (C=O) groups excluding carboxylic acids is 2. The van der Waals surface area contributed by atoms with Gasteiger partial charge in [-0.2, -0.15) is 0 Å². The zero-order valence-electron chi connectivity index (χ0n) is 13.8. The fourth-order valence-electron chi connectivity index (χ4n) is 2.83. The molecule has 25 heavy (non-hydrogen) atoms. The minimum absolute atomic E-state index is 0.0436. The van der Waals surface area contributed by atoms with Crippen molar-refractivity contribution < 1.29 is 14.0 Å². The van der Waals surface area contributed by atoms with Crippen molar-refractivity contribution >= 4 is 29.1 Å². The third-order valence-corrected chi connectivity index (χ3v) is 4.56. The molecule has 2 aromatic rings. The van der Waals surface area contributed by atoms with Gasteiger partial charge in [0, 0.05) is 25.2 Å². The maximum absolute atomic E-state index is 13.2. The molecule has 1 N–H and O–H groups in total. The SMILES string of the molecule is Cc1ccc(CN2CC(C(=O)Nc3ccc(F)c(Cl)c3)CC2=O)cc1. The van der Waals surface area contributed by atoms with E-state index in [0.717, 1.165) is 11.1 Å². The molecule has 1 aliphatic heterocycles. The van der Waals surface area contributed by atoms with Crippen molar-refractivity contribution in [2.75, 3.05) is 11.9 Å². The van der Waals surface area contributed by atoms with Crippen molar-refractivity contribution in [2.45, 2.75) is 19.9 Å². The van der Waals surface area contributed by atoms with E-state index in [1.165, 1.54) is 18.2 Å². The first kappa shape index (κ1) is 17.4. The molecule has 2 amide bonds. The van der Waals surface area contributed by atoms with Gasteiger partial charge < -0.3 is 10.2 Å². The Hall–Kier alpha value is -2.40. The number of likely N-dealkylation sites (tertiary alicyclic amines) is 1. The molecule has 0 aliphatic carbocycles. The Labute approximate surface area is 150 Å². The molecule has 2 aromatic carbocycles. The number of benzene rings is 2. The van der Waals surface area contributed by atoms with E-state index in [1.54, 1.807) is 4.90 Å². The molecule has 0 radical (unpaired) electrons. The molecule has 6 heteroatoms. The molecule has 130 valence electrons. The summed E-state index contributed by atoms with van der Waals surface area (Å²) in [6.07, 6.45) is 0.173. The minimum atomic E-state index is -0.542. The first-order valence-electron chi connectivity index (χ1n) is 8.01. The average Bonchev–Trinajstić information content (AvgIpc) is 2.94. The molecule has 1 unspecified atom stereocenters. The summed E-state index contributed by atoms with van der Waals surface area (Å²) < 4.78 is 13.2. The Balaban J connectivity index is 1.62. The highest BCUT2D eigenvalue weighted by Crippen LogP contribution is 2.24. The highest BCUT2D eigenvalue weighted by atomic mass is 35.5. The number of hydrogen-bond donors (Lipinski definition) is 1. The van der Waals surface area contributed by atoms with Crippen LogP contribution in [0.4, 0.5) is 10.1 Å². The van der Waals surface area contributed by atoms with Gasteiger partial charge in [0.05, 0.1) is 10.9 Å². The highest BCUT2D eigenvalue weighted by Gasteiger charge is 2.34. The lowest BCUT2D eigenvalue weighted by atomic mass is 10.1. The van der Waals surface area contributed by atoms with Gasteiger partial charge in [0.15, 0.2) is 0 Å². The molecule has 1 atom stereocenters. The first-order valence-corrected chi connectivity index (χ1v) is 8.39. The van der Waals surface area contributed by atoms with Crippen LogP contribution in [0.1, 0.15) is 17.5 Å². The second kappa shape index (κ2) is 7.23. The van der Waals surface area contributed by atoms with Crippen LogP contribution < -0.4 is 5.32 Å². The van der Waals surface area contributed by atoms with Gasteiger partial charge in [-0.25, -0.2) is 4.39 Å². The Morgan fingerprint density at radius 2 is 2.00 bits per heavy atom. The largest absolute Gasteiger partial charge is 0.338 e. The summed E-state index contributed by atoms with van der Waals surface area (Å²) in [5, 5.41) is 2.64. The van der Waals surface area contributed by atoms with Gasteiger partial charge in [0.1, 0.15) is 5.82 Å². The molecule has 3 rings (SSSR count). The zero-order valence-corrected chi connectivity index (χ0v) is 14.5. The van der Waals surface area contributed by atoms with Gasteiger partial charge in [-0.05, 0) is 30.7 Å². The van der Waals surface area contributed by atoms with Crippen molar-refractivity contribution in [3.05, 3.63) is 64.4 Å². The predicted octanol–water partition coefficient (Wildman–Crippen LogP) is 3.77. The van der Waals surface area contributed by atoms with Crippen molar-refractivity contribution in [1.82, 2.24) is 4.90 Å². The number of nitrogens with zero attached hydrogens (tertiary/aromatic N) is 1. The maximum atomic E-state index is 13.2. The maximum Gasteiger partial charge on any atom is 0.229 e. The van der Waals surface area contributed by atoms with Crippen LogP contribution in [0.15, 0.2) is 42.5 Å². The quantitative estimate of drug-likeness (QED) is 0.902. The summed E-state index contributed by atoms with van der Waals surface area (Å²) in [4.78, 5) is 26.2. The summed E-state index contributed by atoms with van der Waals surface area (Å²) >= 11 is 5.72. The number of halogens is 2. The normalized spacial score (nSPS) is 17.0. The molecule has 1 aliphatic rings. The third kappa shape index (κ3) is 4.17. The number of amides is 2. The summed E-state index contributed by atoms with van der Waals surface area (Å²) in [7, 11) is 0. The number of aryl methyl sites for hydroxylation is 1. The van der Waals surface area contributed by atoms with Crippen LogP contribution in [0.25, 0.3) is 0 Å². The van der Waals surface area contributed by atoms with Gasteiger partial charge in [-0.15, -0.1) is 0 Å². The van der Waals surface area contributed by atoms with Crippen LogP contribution in [0.3, 0.4) is 0 Å². The molecule has 0 saturated carbocycles. The van der Waals surface area contributed by atoms with Crippen LogP contribution in [-0.2, 0) is 16.1 Å².